The maximum atomic E-state index is 11.7. The Morgan fingerprint density at radius 2 is 2.00 bits per heavy atom. The Hall–Kier alpha value is -2.01. The van der Waals surface area contributed by atoms with Gasteiger partial charge in [-0.25, -0.2) is 4.99 Å². The number of hydrogen-bond acceptors (Lipinski definition) is 4. The number of rotatable bonds is 3. The van der Waals surface area contributed by atoms with Crippen molar-refractivity contribution in [1.82, 2.24) is 4.90 Å². The zero-order chi connectivity index (χ0) is 13.1. The van der Waals surface area contributed by atoms with Crippen LogP contribution in [-0.4, -0.2) is 47.3 Å². The third kappa shape index (κ3) is 2.62. The molecule has 5 nitrogen and oxygen atoms in total. The Morgan fingerprint density at radius 3 is 2.61 bits per heavy atom. The first-order chi connectivity index (χ1) is 8.58. The van der Waals surface area contributed by atoms with Gasteiger partial charge in [0, 0.05) is 10.5 Å². The topological polar surface area (TPSA) is 55.9 Å². The summed E-state index contributed by atoms with van der Waals surface area (Å²) in [4.78, 5) is 17.9. The number of allylic oxidation sites excluding steroid dienone is 1. The van der Waals surface area contributed by atoms with Gasteiger partial charge in [-0.2, -0.15) is 0 Å². The van der Waals surface area contributed by atoms with Crippen LogP contribution in [0.2, 0.25) is 0 Å². The summed E-state index contributed by atoms with van der Waals surface area (Å²) in [5.41, 5.74) is 1.28. The van der Waals surface area contributed by atoms with Crippen LogP contribution in [0.25, 0.3) is 0 Å². The highest BCUT2D eigenvalue weighted by Crippen LogP contribution is 2.15. The maximum absolute atomic E-state index is 11.7. The summed E-state index contributed by atoms with van der Waals surface area (Å²) in [6, 6.07) is 9.35. The largest absolute Gasteiger partial charge is 0.501 e. The smallest absolute Gasteiger partial charge is 0.312 e. The van der Waals surface area contributed by atoms with E-state index in [4.69, 9.17) is 0 Å². The van der Waals surface area contributed by atoms with Gasteiger partial charge in [-0.05, 0) is 14.1 Å². The molecule has 5 heteroatoms. The molecule has 0 aromatic heterocycles. The van der Waals surface area contributed by atoms with Crippen LogP contribution in [-0.2, 0) is 0 Å². The standard InChI is InChI=1S/C13H15N3O2/c1-15(2)9-12-14-13(11(17)8-16(12)18)10-6-4-3-5-7-10/h3-8,12H,9H2,1-2H3/p+1. The van der Waals surface area contributed by atoms with Crippen LogP contribution in [0.4, 0.5) is 0 Å². The second-order valence-electron chi connectivity index (χ2n) is 4.46. The Balaban J connectivity index is 2.33. The molecule has 94 valence electrons. The molecule has 1 unspecified atom stereocenters. The first kappa shape index (κ1) is 12.4. The number of likely N-dealkylation sites (N-methyl/N-ethyl adjacent to an activating group) is 1. The predicted molar refractivity (Wildman–Crippen MR) is 69.7 cm³/mol. The molecule has 0 amide bonds. The lowest BCUT2D eigenvalue weighted by Crippen LogP contribution is -2.35. The van der Waals surface area contributed by atoms with Crippen LogP contribution < -0.4 is 0 Å². The molecule has 0 aliphatic carbocycles. The Labute approximate surface area is 106 Å². The fourth-order valence-corrected chi connectivity index (χ4v) is 1.81. The minimum Gasteiger partial charge on any atom is -0.501 e. The number of benzene rings is 1. The van der Waals surface area contributed by atoms with Gasteiger partial charge >= 0.3 is 6.17 Å². The van der Waals surface area contributed by atoms with Crippen LogP contribution in [0.3, 0.4) is 0 Å². The van der Waals surface area contributed by atoms with Crippen LogP contribution >= 0.6 is 0 Å². The van der Waals surface area contributed by atoms with Gasteiger partial charge in [0.2, 0.25) is 5.76 Å². The fourth-order valence-electron chi connectivity index (χ4n) is 1.81. The minimum absolute atomic E-state index is 0.0915. The normalized spacial score (nSPS) is 19.7. The third-order valence-electron chi connectivity index (χ3n) is 2.64. The van der Waals surface area contributed by atoms with Crippen molar-refractivity contribution in [3.8, 4) is 0 Å². The molecule has 1 heterocycles. The number of aliphatic imine (C=N–C) groups is 1. The molecule has 0 saturated heterocycles. The van der Waals surface area contributed by atoms with Crippen molar-refractivity contribution in [2.75, 3.05) is 20.6 Å². The molecule has 0 spiro atoms. The van der Waals surface area contributed by atoms with E-state index < -0.39 is 6.17 Å². The van der Waals surface area contributed by atoms with Crippen molar-refractivity contribution >= 4 is 5.71 Å². The Bertz CT molecular complexity index is 506. The zero-order valence-electron chi connectivity index (χ0n) is 10.4. The number of nitrogens with zero attached hydrogens (tertiary/aromatic N) is 3. The summed E-state index contributed by atoms with van der Waals surface area (Å²) in [5.74, 6) is -0.0915. The van der Waals surface area contributed by atoms with Gasteiger partial charge in [0.05, 0.1) is 11.3 Å². The van der Waals surface area contributed by atoms with Gasteiger partial charge in [-0.15, -0.1) is 0 Å². The molecule has 1 aliphatic heterocycles. The van der Waals surface area contributed by atoms with E-state index in [1.54, 1.807) is 0 Å². The van der Waals surface area contributed by atoms with E-state index in [-0.39, 0.29) is 5.76 Å². The van der Waals surface area contributed by atoms with Crippen molar-refractivity contribution in [1.29, 1.82) is 0 Å². The first-order valence-corrected chi connectivity index (χ1v) is 5.72. The molecule has 0 fully saturated rings. The van der Waals surface area contributed by atoms with E-state index in [2.05, 4.69) is 4.99 Å². The van der Waals surface area contributed by atoms with E-state index in [9.17, 15) is 10.0 Å². The van der Waals surface area contributed by atoms with Crippen LogP contribution in [0.1, 0.15) is 5.56 Å². The number of hydrogen-bond donors (Lipinski definition) is 1. The van der Waals surface area contributed by atoms with Gasteiger partial charge in [-0.1, -0.05) is 30.3 Å². The molecule has 2 rings (SSSR count). The molecule has 1 aromatic rings. The predicted octanol–water partition coefficient (Wildman–Crippen LogP) is 1.56. The second kappa shape index (κ2) is 5.10. The molecule has 0 radical (unpaired) electrons. The van der Waals surface area contributed by atoms with E-state index in [1.165, 1.54) is 6.20 Å². The summed E-state index contributed by atoms with van der Waals surface area (Å²) < 4.78 is 0.682. The molecule has 1 aromatic carbocycles. The number of aliphatic hydroxyl groups excluding tert-OH is 1. The van der Waals surface area contributed by atoms with Crippen molar-refractivity contribution in [3.05, 3.63) is 52.8 Å². The lowest BCUT2D eigenvalue weighted by molar-refractivity contribution is -0.522. The van der Waals surface area contributed by atoms with Gasteiger partial charge in [0.25, 0.3) is 6.20 Å². The van der Waals surface area contributed by atoms with Crippen molar-refractivity contribution in [3.63, 3.8) is 0 Å². The Kier molecular flexibility index (Phi) is 3.53. The second-order valence-corrected chi connectivity index (χ2v) is 4.46. The monoisotopic (exact) mass is 246 g/mol. The summed E-state index contributed by atoms with van der Waals surface area (Å²) >= 11 is 0. The molecule has 18 heavy (non-hydrogen) atoms. The third-order valence-corrected chi connectivity index (χ3v) is 2.64. The molecule has 1 aliphatic rings. The number of aliphatic hydroxyl groups is 1. The minimum atomic E-state index is -0.522. The van der Waals surface area contributed by atoms with E-state index >= 15 is 0 Å². The van der Waals surface area contributed by atoms with Crippen LogP contribution in [0.5, 0.6) is 0 Å². The zero-order valence-corrected chi connectivity index (χ0v) is 10.4. The van der Waals surface area contributed by atoms with Crippen LogP contribution in [0.15, 0.2) is 47.3 Å². The maximum Gasteiger partial charge on any atom is 0.312 e. The summed E-state index contributed by atoms with van der Waals surface area (Å²) in [6.45, 7) is 0.504. The summed E-state index contributed by atoms with van der Waals surface area (Å²) in [7, 11) is 3.76. The van der Waals surface area contributed by atoms with Gasteiger partial charge in [0.1, 0.15) is 5.71 Å². The van der Waals surface area contributed by atoms with E-state index in [0.717, 1.165) is 5.56 Å². The van der Waals surface area contributed by atoms with Gasteiger partial charge in [-0.3, -0.25) is 0 Å². The highest BCUT2D eigenvalue weighted by molar-refractivity contribution is 6.11. The van der Waals surface area contributed by atoms with Crippen LogP contribution in [0, 0.1) is 4.91 Å². The summed E-state index contributed by atoms with van der Waals surface area (Å²) in [6.07, 6.45) is 0.662. The lowest BCUT2D eigenvalue weighted by Gasteiger charge is -2.15. The lowest BCUT2D eigenvalue weighted by atomic mass is 10.1. The first-order valence-electron chi connectivity index (χ1n) is 5.72. The average molecular weight is 246 g/mol. The molecular formula is C13H16N3O2+. The van der Waals surface area contributed by atoms with Crippen molar-refractivity contribution in [2.45, 2.75) is 6.17 Å². The molecule has 0 saturated carbocycles. The number of nitroso groups, excluding NO2 is 1. The highest BCUT2D eigenvalue weighted by atomic mass is 16.3. The molecule has 0 bridgehead atoms. The average Bonchev–Trinajstić information content (AvgIpc) is 2.33. The van der Waals surface area contributed by atoms with E-state index in [0.29, 0.717) is 17.0 Å². The SMILES string of the molecule is CN(C)CC1N=C(c2ccccc2)C(O)=C[N+]1=O. The van der Waals surface area contributed by atoms with Gasteiger partial charge in [0.15, 0.2) is 0 Å². The summed E-state index contributed by atoms with van der Waals surface area (Å²) in [5, 5.41) is 9.82. The van der Waals surface area contributed by atoms with Crippen molar-refractivity contribution in [2.24, 2.45) is 4.99 Å². The molecular weight excluding hydrogens is 230 g/mol. The van der Waals surface area contributed by atoms with Gasteiger partial charge < -0.3 is 10.0 Å². The van der Waals surface area contributed by atoms with E-state index in [1.807, 2.05) is 49.3 Å². The fraction of sp³-hybridized carbons (Fsp3) is 0.308. The quantitative estimate of drug-likeness (QED) is 0.823. The Morgan fingerprint density at radius 1 is 1.33 bits per heavy atom. The molecule has 1 N–H and O–H groups in total. The highest BCUT2D eigenvalue weighted by Gasteiger charge is 2.31. The molecule has 1 atom stereocenters. The van der Waals surface area contributed by atoms with Crippen molar-refractivity contribution < 1.29 is 9.87 Å².